The van der Waals surface area contributed by atoms with E-state index in [1.54, 1.807) is 19.1 Å². The maximum absolute atomic E-state index is 13.7. The molecule has 6 N–H and O–H groups in total. The molecule has 2 aromatic carbocycles. The molecular weight excluding hydrogens is 744 g/mol. The van der Waals surface area contributed by atoms with Gasteiger partial charge in [-0.15, -0.1) is 0 Å². The summed E-state index contributed by atoms with van der Waals surface area (Å²) in [6.45, 7) is 1.43. The molecule has 5 atom stereocenters. The standard InChI is InChI=1S/C45H62N2O11/c1-28(47-26-29(48)19-15-13-11-9-7-5-3-4-6-8-10-12-14-16-22-36(51)56-2)45(46)24-32-38(35(25-45)58-37-23-33(49)34(50)27-57-37)44(55)40-39(43(32)54)41(52)30-20-17-18-21-31(30)42(40)53/h17-18,20-21,33-35,37,49-50,54-55H,3-16,19,22-27,46H2,1-2H3/t33-,34+,35-,37-,45-/m0/s1. The number of fused-ring (bicyclic) bond motifs is 3. The molecule has 2 aromatic rings. The van der Waals surface area contributed by atoms with Crippen LogP contribution < -0.4 is 5.73 Å². The number of carbonyl (C=O) groups is 4. The van der Waals surface area contributed by atoms with Gasteiger partial charge in [0.15, 0.2) is 23.6 Å². The van der Waals surface area contributed by atoms with Crippen LogP contribution in [-0.4, -0.2) is 93.8 Å². The fourth-order valence-electron chi connectivity index (χ4n) is 8.40. The Morgan fingerprint density at radius 1 is 0.810 bits per heavy atom. The molecule has 0 unspecified atom stereocenters. The van der Waals surface area contributed by atoms with Gasteiger partial charge in [0.1, 0.15) is 17.6 Å². The number of phenols is 2. The van der Waals surface area contributed by atoms with Gasteiger partial charge in [-0.1, -0.05) is 101 Å². The molecular formula is C45H62N2O11. The van der Waals surface area contributed by atoms with Gasteiger partial charge in [-0.2, -0.15) is 0 Å². The van der Waals surface area contributed by atoms with E-state index < -0.39 is 53.2 Å². The predicted molar refractivity (Wildman–Crippen MR) is 217 cm³/mol. The Hall–Kier alpha value is -4.01. The van der Waals surface area contributed by atoms with Gasteiger partial charge < -0.3 is 40.4 Å². The van der Waals surface area contributed by atoms with Crippen molar-refractivity contribution < 1.29 is 53.8 Å². The van der Waals surface area contributed by atoms with E-state index in [1.807, 2.05) is 0 Å². The lowest BCUT2D eigenvalue weighted by Crippen LogP contribution is -2.53. The van der Waals surface area contributed by atoms with Crippen LogP contribution in [0.1, 0.15) is 172 Å². The van der Waals surface area contributed by atoms with Crippen molar-refractivity contribution in [3.05, 3.63) is 57.6 Å². The number of phenolic OH excluding ortho intramolecular Hbond substituents is 2. The number of Topliss-reactive ketones (excluding diaryl/α,β-unsaturated/α-hetero) is 1. The number of benzene rings is 2. The monoisotopic (exact) mass is 806 g/mol. The van der Waals surface area contributed by atoms with E-state index in [2.05, 4.69) is 9.73 Å². The molecule has 13 nitrogen and oxygen atoms in total. The number of ketones is 3. The number of aliphatic imine (C=N–C) groups is 1. The number of nitrogens with two attached hydrogens (primary N) is 1. The van der Waals surface area contributed by atoms with Gasteiger partial charge in [-0.25, -0.2) is 0 Å². The van der Waals surface area contributed by atoms with Crippen LogP contribution in [0.5, 0.6) is 11.5 Å². The average Bonchev–Trinajstić information content (AvgIpc) is 3.21. The topological polar surface area (TPSA) is 215 Å². The predicted octanol–water partition coefficient (Wildman–Crippen LogP) is 6.49. The molecule has 0 aromatic heterocycles. The van der Waals surface area contributed by atoms with Crippen LogP contribution >= 0.6 is 0 Å². The van der Waals surface area contributed by atoms with E-state index in [1.165, 1.54) is 70.6 Å². The number of methoxy groups -OCH3 is 1. The van der Waals surface area contributed by atoms with E-state index in [0.717, 1.165) is 38.5 Å². The third kappa shape index (κ3) is 11.2. The molecule has 0 radical (unpaired) electrons. The van der Waals surface area contributed by atoms with E-state index in [-0.39, 0.29) is 77.5 Å². The Balaban J connectivity index is 1.13. The number of esters is 1. The van der Waals surface area contributed by atoms with E-state index >= 15 is 0 Å². The highest BCUT2D eigenvalue weighted by atomic mass is 16.7. The van der Waals surface area contributed by atoms with Crippen molar-refractivity contribution in [3.63, 3.8) is 0 Å². The number of unbranched alkanes of at least 4 members (excludes halogenated alkanes) is 13. The molecule has 5 rings (SSSR count). The molecule has 13 heteroatoms. The summed E-state index contributed by atoms with van der Waals surface area (Å²) in [6.07, 6.45) is 12.2. The third-order valence-corrected chi connectivity index (χ3v) is 12.0. The Morgan fingerprint density at radius 3 is 1.86 bits per heavy atom. The third-order valence-electron chi connectivity index (χ3n) is 12.0. The molecule has 0 saturated carbocycles. The van der Waals surface area contributed by atoms with Crippen molar-refractivity contribution in [1.82, 2.24) is 0 Å². The van der Waals surface area contributed by atoms with E-state index in [4.69, 9.17) is 15.2 Å². The maximum atomic E-state index is 13.7. The van der Waals surface area contributed by atoms with Crippen LogP contribution in [0, 0.1) is 0 Å². The van der Waals surface area contributed by atoms with Crippen LogP contribution in [0.15, 0.2) is 29.3 Å². The summed E-state index contributed by atoms with van der Waals surface area (Å²) in [6, 6.07) is 6.21. The molecule has 1 aliphatic heterocycles. The quantitative estimate of drug-likeness (QED) is 0.0319. The molecule has 3 aliphatic rings. The molecule has 2 aliphatic carbocycles. The highest BCUT2D eigenvalue weighted by Gasteiger charge is 2.47. The normalized spacial score (nSPS) is 22.9. The number of rotatable bonds is 22. The Labute approximate surface area is 341 Å². The van der Waals surface area contributed by atoms with Gasteiger partial charge in [-0.3, -0.25) is 24.2 Å². The lowest BCUT2D eigenvalue weighted by atomic mass is 9.70. The minimum absolute atomic E-state index is 0.00624. The SMILES string of the molecule is COC(=O)CCCCCCCCCCCCCCCCC(=O)CN=C(C)[C@]1(N)Cc2c(O)c3c(c(O)c2[C@@H](O[C@H]2C[C@H](O)[C@H](O)CO2)C1)C(=O)c1ccccc1C3=O. The second kappa shape index (κ2) is 21.3. The molecule has 0 amide bonds. The first-order valence-corrected chi connectivity index (χ1v) is 21.2. The Morgan fingerprint density at radius 2 is 1.33 bits per heavy atom. The second-order valence-electron chi connectivity index (χ2n) is 16.3. The van der Waals surface area contributed by atoms with Gasteiger partial charge in [-0.05, 0) is 26.2 Å². The lowest BCUT2D eigenvalue weighted by molar-refractivity contribution is -0.237. The zero-order valence-corrected chi connectivity index (χ0v) is 34.1. The molecule has 58 heavy (non-hydrogen) atoms. The number of nitrogens with zero attached hydrogens (tertiary/aromatic N) is 1. The highest BCUT2D eigenvalue weighted by Crippen LogP contribution is 2.51. The van der Waals surface area contributed by atoms with Gasteiger partial charge in [0, 0.05) is 53.6 Å². The first-order valence-electron chi connectivity index (χ1n) is 21.2. The number of ether oxygens (including phenoxy) is 3. The fourth-order valence-corrected chi connectivity index (χ4v) is 8.40. The van der Waals surface area contributed by atoms with Crippen LogP contribution in [-0.2, 0) is 30.2 Å². The van der Waals surface area contributed by atoms with Crippen molar-refractivity contribution in [1.29, 1.82) is 0 Å². The fraction of sp³-hybridized carbons (Fsp3) is 0.622. The molecule has 0 spiro atoms. The molecule has 0 bridgehead atoms. The van der Waals surface area contributed by atoms with Gasteiger partial charge in [0.25, 0.3) is 0 Å². The number of hydrogen-bond donors (Lipinski definition) is 5. The number of aliphatic hydroxyl groups is 2. The first-order chi connectivity index (χ1) is 27.9. The zero-order chi connectivity index (χ0) is 41.8. The summed E-state index contributed by atoms with van der Waals surface area (Å²) < 4.78 is 16.6. The maximum Gasteiger partial charge on any atom is 0.305 e. The van der Waals surface area contributed by atoms with E-state index in [9.17, 15) is 39.6 Å². The molecule has 318 valence electrons. The second-order valence-corrected chi connectivity index (χ2v) is 16.3. The lowest BCUT2D eigenvalue weighted by Gasteiger charge is -2.42. The van der Waals surface area contributed by atoms with Gasteiger partial charge in [0.2, 0.25) is 0 Å². The van der Waals surface area contributed by atoms with Crippen LogP contribution in [0.25, 0.3) is 0 Å². The summed E-state index contributed by atoms with van der Waals surface area (Å²) >= 11 is 0. The summed E-state index contributed by atoms with van der Waals surface area (Å²) in [5.41, 5.74) is 5.92. The first kappa shape index (κ1) is 45.1. The Kier molecular flexibility index (Phi) is 16.6. The van der Waals surface area contributed by atoms with Crippen molar-refractivity contribution >= 4 is 29.0 Å². The molecule has 1 fully saturated rings. The smallest absolute Gasteiger partial charge is 0.305 e. The highest BCUT2D eigenvalue weighted by molar-refractivity contribution is 6.30. The van der Waals surface area contributed by atoms with Gasteiger partial charge >= 0.3 is 5.97 Å². The van der Waals surface area contributed by atoms with Gasteiger partial charge in [0.05, 0.1) is 49.1 Å². The van der Waals surface area contributed by atoms with Crippen LogP contribution in [0.4, 0.5) is 0 Å². The van der Waals surface area contributed by atoms with E-state index in [0.29, 0.717) is 18.6 Å². The van der Waals surface area contributed by atoms with Crippen molar-refractivity contribution in [2.24, 2.45) is 10.7 Å². The van der Waals surface area contributed by atoms with Crippen LogP contribution in [0.3, 0.4) is 0 Å². The summed E-state index contributed by atoms with van der Waals surface area (Å²) in [5, 5.41) is 43.8. The molecule has 1 heterocycles. The summed E-state index contributed by atoms with van der Waals surface area (Å²) in [4.78, 5) is 56.0. The van der Waals surface area contributed by atoms with Crippen LogP contribution in [0.2, 0.25) is 0 Å². The van der Waals surface area contributed by atoms with Crippen molar-refractivity contribution in [2.75, 3.05) is 20.3 Å². The average molecular weight is 807 g/mol. The largest absolute Gasteiger partial charge is 0.507 e. The zero-order valence-electron chi connectivity index (χ0n) is 34.1. The summed E-state index contributed by atoms with van der Waals surface area (Å²) in [7, 11) is 1.43. The summed E-state index contributed by atoms with van der Waals surface area (Å²) in [5.74, 6) is -2.36. The molecule has 1 saturated heterocycles. The Bertz CT molecular complexity index is 1810. The number of carbonyl (C=O) groups excluding carboxylic acids is 4. The van der Waals surface area contributed by atoms with Crippen molar-refractivity contribution in [2.45, 2.75) is 159 Å². The number of aromatic hydroxyl groups is 2. The minimum Gasteiger partial charge on any atom is -0.507 e. The number of hydrogen-bond acceptors (Lipinski definition) is 13. The number of aliphatic hydroxyl groups excluding tert-OH is 2. The minimum atomic E-state index is -1.30. The van der Waals surface area contributed by atoms with Crippen molar-refractivity contribution in [3.8, 4) is 11.5 Å².